The molecule has 0 aromatic heterocycles. The standard InChI is InChI=1S/C34H51NO5/c1-5-36-20-21-40-34(27-35,23-29(3)24-39-32-15-9-10-19-38-32)22-28(2)16-18-33(4)17-11-14-31(33)26-37-25-30-12-7-6-8-13-30/h6-8,12-14,16,29,32H,5,9-11,15,17-26H2,1-4H3/b28-16+/t29-,32?,33+,34?/m1/s1. The van der Waals surface area contributed by atoms with E-state index >= 15 is 0 Å². The van der Waals surface area contributed by atoms with E-state index in [-0.39, 0.29) is 17.6 Å². The summed E-state index contributed by atoms with van der Waals surface area (Å²) in [5.74, 6) is 0.161. The highest BCUT2D eigenvalue weighted by Crippen LogP contribution is 2.43. The summed E-state index contributed by atoms with van der Waals surface area (Å²) in [6, 6.07) is 12.9. The van der Waals surface area contributed by atoms with Crippen molar-refractivity contribution in [2.75, 3.05) is 39.6 Å². The average Bonchev–Trinajstić information content (AvgIpc) is 3.34. The smallest absolute Gasteiger partial charge is 0.158 e. The van der Waals surface area contributed by atoms with Gasteiger partial charge in [-0.1, -0.05) is 61.9 Å². The highest BCUT2D eigenvalue weighted by molar-refractivity contribution is 5.23. The number of nitrogens with zero attached hydrogens (tertiary/aromatic N) is 1. The molecule has 1 aliphatic heterocycles. The third-order valence-corrected chi connectivity index (χ3v) is 8.09. The molecule has 1 fully saturated rings. The quantitative estimate of drug-likeness (QED) is 0.138. The molecule has 0 N–H and O–H groups in total. The van der Waals surface area contributed by atoms with E-state index in [2.05, 4.69) is 51.1 Å². The number of rotatable bonds is 18. The summed E-state index contributed by atoms with van der Waals surface area (Å²) >= 11 is 0. The number of allylic oxidation sites excluding steroid dienone is 2. The molecular formula is C34H51NO5. The normalized spacial score (nSPS) is 23.8. The number of benzene rings is 1. The van der Waals surface area contributed by atoms with Gasteiger partial charge in [0.15, 0.2) is 11.9 Å². The van der Waals surface area contributed by atoms with Crippen LogP contribution in [-0.4, -0.2) is 51.5 Å². The topological polar surface area (TPSA) is 69.9 Å². The zero-order valence-corrected chi connectivity index (χ0v) is 25.3. The van der Waals surface area contributed by atoms with Crippen molar-refractivity contribution < 1.29 is 23.7 Å². The van der Waals surface area contributed by atoms with Crippen molar-refractivity contribution in [1.29, 1.82) is 5.26 Å². The van der Waals surface area contributed by atoms with Crippen LogP contribution in [0.1, 0.15) is 84.6 Å². The minimum absolute atomic E-state index is 0.0736. The van der Waals surface area contributed by atoms with Crippen molar-refractivity contribution in [1.82, 2.24) is 0 Å². The minimum Gasteiger partial charge on any atom is -0.379 e. The van der Waals surface area contributed by atoms with Gasteiger partial charge in [-0.2, -0.15) is 5.26 Å². The molecule has 1 heterocycles. The van der Waals surface area contributed by atoms with Crippen molar-refractivity contribution in [2.45, 2.75) is 97.6 Å². The fourth-order valence-electron chi connectivity index (χ4n) is 5.69. The first-order chi connectivity index (χ1) is 19.4. The summed E-state index contributed by atoms with van der Waals surface area (Å²) in [7, 11) is 0. The van der Waals surface area contributed by atoms with Crippen molar-refractivity contribution in [3.8, 4) is 6.07 Å². The molecule has 1 aromatic carbocycles. The van der Waals surface area contributed by atoms with Gasteiger partial charge in [0.25, 0.3) is 0 Å². The predicted octanol–water partition coefficient (Wildman–Crippen LogP) is 7.54. The molecule has 1 aromatic rings. The molecule has 1 saturated heterocycles. The van der Waals surface area contributed by atoms with Gasteiger partial charge in [-0.15, -0.1) is 0 Å². The molecular weight excluding hydrogens is 502 g/mol. The summed E-state index contributed by atoms with van der Waals surface area (Å²) in [4.78, 5) is 0. The maximum absolute atomic E-state index is 10.4. The Labute approximate surface area is 242 Å². The van der Waals surface area contributed by atoms with Gasteiger partial charge in [0.1, 0.15) is 0 Å². The lowest BCUT2D eigenvalue weighted by molar-refractivity contribution is -0.171. The van der Waals surface area contributed by atoms with E-state index in [0.29, 0.717) is 52.5 Å². The Morgan fingerprint density at radius 1 is 1.20 bits per heavy atom. The van der Waals surface area contributed by atoms with E-state index in [1.807, 2.05) is 25.1 Å². The van der Waals surface area contributed by atoms with Crippen LogP contribution in [0.3, 0.4) is 0 Å². The average molecular weight is 554 g/mol. The lowest BCUT2D eigenvalue weighted by Crippen LogP contribution is -2.36. The lowest BCUT2D eigenvalue weighted by Gasteiger charge is -2.32. The zero-order chi connectivity index (χ0) is 28.7. The highest BCUT2D eigenvalue weighted by Gasteiger charge is 2.35. The van der Waals surface area contributed by atoms with Crippen LogP contribution in [0.5, 0.6) is 0 Å². The maximum Gasteiger partial charge on any atom is 0.158 e. The maximum atomic E-state index is 10.4. The van der Waals surface area contributed by atoms with Gasteiger partial charge in [0.05, 0.1) is 39.1 Å². The first-order valence-corrected chi connectivity index (χ1v) is 15.2. The second-order valence-corrected chi connectivity index (χ2v) is 11.8. The van der Waals surface area contributed by atoms with Crippen molar-refractivity contribution in [3.05, 3.63) is 59.2 Å². The largest absolute Gasteiger partial charge is 0.379 e. The number of ether oxygens (including phenoxy) is 5. The van der Waals surface area contributed by atoms with E-state index in [4.69, 9.17) is 23.7 Å². The SMILES string of the molecule is CCOCCOC(C#N)(C/C(C)=C/C[C@]1(C)CCC=C1COCc1ccccc1)C[C@@H](C)COC1CCCCO1. The molecule has 0 bridgehead atoms. The number of nitriles is 1. The Kier molecular flexibility index (Phi) is 13.9. The van der Waals surface area contributed by atoms with Gasteiger partial charge in [-0.25, -0.2) is 0 Å². The monoisotopic (exact) mass is 553 g/mol. The molecule has 0 amide bonds. The van der Waals surface area contributed by atoms with E-state index in [1.165, 1.54) is 16.7 Å². The Bertz CT molecular complexity index is 964. The van der Waals surface area contributed by atoms with Crippen LogP contribution in [0.4, 0.5) is 0 Å². The molecule has 0 spiro atoms. The number of hydrogen-bond acceptors (Lipinski definition) is 6. The second kappa shape index (κ2) is 17.1. The molecule has 2 aliphatic rings. The zero-order valence-electron chi connectivity index (χ0n) is 25.3. The third kappa shape index (κ3) is 10.8. The van der Waals surface area contributed by atoms with Crippen molar-refractivity contribution in [3.63, 3.8) is 0 Å². The summed E-state index contributed by atoms with van der Waals surface area (Å²) in [5.41, 5.74) is 2.91. The summed E-state index contributed by atoms with van der Waals surface area (Å²) < 4.78 is 29.6. The van der Waals surface area contributed by atoms with Crippen LogP contribution in [0.25, 0.3) is 0 Å². The summed E-state index contributed by atoms with van der Waals surface area (Å²) in [6.45, 7) is 12.7. The molecule has 4 atom stereocenters. The van der Waals surface area contributed by atoms with Gasteiger partial charge < -0.3 is 23.7 Å². The van der Waals surface area contributed by atoms with Gasteiger partial charge >= 0.3 is 0 Å². The van der Waals surface area contributed by atoms with E-state index in [1.54, 1.807) is 0 Å². The third-order valence-electron chi connectivity index (χ3n) is 8.09. The first-order valence-electron chi connectivity index (χ1n) is 15.2. The van der Waals surface area contributed by atoms with Crippen molar-refractivity contribution >= 4 is 0 Å². The molecule has 1 aliphatic carbocycles. The van der Waals surface area contributed by atoms with Crippen LogP contribution < -0.4 is 0 Å². The van der Waals surface area contributed by atoms with Crippen LogP contribution in [0.2, 0.25) is 0 Å². The molecule has 40 heavy (non-hydrogen) atoms. The highest BCUT2D eigenvalue weighted by atomic mass is 16.7. The molecule has 6 nitrogen and oxygen atoms in total. The summed E-state index contributed by atoms with van der Waals surface area (Å²) in [6.07, 6.45) is 12.0. The molecule has 6 heteroatoms. The molecule has 222 valence electrons. The minimum atomic E-state index is -0.915. The second-order valence-electron chi connectivity index (χ2n) is 11.8. The van der Waals surface area contributed by atoms with Crippen LogP contribution in [-0.2, 0) is 30.3 Å². The predicted molar refractivity (Wildman–Crippen MR) is 159 cm³/mol. The van der Waals surface area contributed by atoms with Gasteiger partial charge in [-0.05, 0) is 81.3 Å². The first kappa shape index (κ1) is 32.5. The van der Waals surface area contributed by atoms with Gasteiger partial charge in [0.2, 0.25) is 0 Å². The molecule has 2 unspecified atom stereocenters. The summed E-state index contributed by atoms with van der Waals surface area (Å²) in [5, 5.41) is 10.4. The fourth-order valence-corrected chi connectivity index (χ4v) is 5.69. The van der Waals surface area contributed by atoms with Crippen LogP contribution in [0, 0.1) is 22.7 Å². The Morgan fingerprint density at radius 3 is 2.75 bits per heavy atom. The van der Waals surface area contributed by atoms with Crippen LogP contribution >= 0.6 is 0 Å². The Morgan fingerprint density at radius 2 is 2.02 bits per heavy atom. The van der Waals surface area contributed by atoms with Crippen molar-refractivity contribution in [2.24, 2.45) is 11.3 Å². The molecule has 3 rings (SSSR count). The van der Waals surface area contributed by atoms with Gasteiger partial charge in [-0.3, -0.25) is 0 Å². The Balaban J connectivity index is 1.58. The lowest BCUT2D eigenvalue weighted by atomic mass is 9.79. The van der Waals surface area contributed by atoms with E-state index in [9.17, 15) is 5.26 Å². The fraction of sp³-hybridized carbons (Fsp3) is 0.676. The van der Waals surface area contributed by atoms with E-state index in [0.717, 1.165) is 45.1 Å². The molecule has 0 saturated carbocycles. The Hall–Kier alpha value is -2.01. The van der Waals surface area contributed by atoms with Gasteiger partial charge in [0, 0.05) is 19.6 Å². The number of hydrogen-bond donors (Lipinski definition) is 0. The van der Waals surface area contributed by atoms with E-state index < -0.39 is 5.60 Å². The van der Waals surface area contributed by atoms with Crippen LogP contribution in [0.15, 0.2) is 53.6 Å². The molecule has 0 radical (unpaired) electrons.